The Morgan fingerprint density at radius 3 is 2.24 bits per heavy atom. The minimum absolute atomic E-state index is 0.184. The van der Waals surface area contributed by atoms with E-state index in [2.05, 4.69) is 18.1 Å². The van der Waals surface area contributed by atoms with E-state index in [-0.39, 0.29) is 5.78 Å². The molecule has 1 aromatic rings. The standard InChI is InChI=1S/C15H19NO/c1-3-11-16(12-4-2)13-10-15(17)14-8-6-5-7-9-14/h3-9H,1-2,10-13H2. The molecule has 0 aliphatic rings. The first-order valence-corrected chi connectivity index (χ1v) is 5.80. The van der Waals surface area contributed by atoms with Gasteiger partial charge in [-0.2, -0.15) is 0 Å². The second kappa shape index (κ2) is 7.58. The first kappa shape index (κ1) is 13.4. The molecule has 0 saturated heterocycles. The molecular formula is C15H19NO. The van der Waals surface area contributed by atoms with Crippen LogP contribution < -0.4 is 0 Å². The van der Waals surface area contributed by atoms with Crippen LogP contribution in [-0.2, 0) is 0 Å². The van der Waals surface area contributed by atoms with Crippen molar-refractivity contribution >= 4 is 5.78 Å². The van der Waals surface area contributed by atoms with E-state index in [0.717, 1.165) is 25.2 Å². The zero-order valence-corrected chi connectivity index (χ0v) is 10.1. The Morgan fingerprint density at radius 1 is 1.12 bits per heavy atom. The van der Waals surface area contributed by atoms with Crippen LogP contribution in [-0.4, -0.2) is 30.3 Å². The smallest absolute Gasteiger partial charge is 0.164 e. The van der Waals surface area contributed by atoms with Crippen LogP contribution in [0.5, 0.6) is 0 Å². The quantitative estimate of drug-likeness (QED) is 0.504. The summed E-state index contributed by atoms with van der Waals surface area (Å²) in [5, 5.41) is 0. The van der Waals surface area contributed by atoms with Crippen molar-refractivity contribution in [1.82, 2.24) is 4.90 Å². The van der Waals surface area contributed by atoms with E-state index in [1.54, 1.807) is 0 Å². The molecule has 90 valence electrons. The van der Waals surface area contributed by atoms with Gasteiger partial charge in [-0.15, -0.1) is 13.2 Å². The fourth-order valence-corrected chi connectivity index (χ4v) is 1.65. The van der Waals surface area contributed by atoms with Gasteiger partial charge in [-0.25, -0.2) is 0 Å². The molecule has 0 bridgehead atoms. The molecule has 0 saturated carbocycles. The van der Waals surface area contributed by atoms with Crippen LogP contribution >= 0.6 is 0 Å². The number of carbonyl (C=O) groups excluding carboxylic acids is 1. The number of ketones is 1. The maximum Gasteiger partial charge on any atom is 0.164 e. The summed E-state index contributed by atoms with van der Waals surface area (Å²) in [6.45, 7) is 9.73. The van der Waals surface area contributed by atoms with Crippen molar-refractivity contribution in [3.63, 3.8) is 0 Å². The molecule has 0 atom stereocenters. The molecule has 0 fully saturated rings. The molecule has 1 rings (SSSR count). The van der Waals surface area contributed by atoms with E-state index in [9.17, 15) is 4.79 Å². The zero-order chi connectivity index (χ0) is 12.5. The van der Waals surface area contributed by atoms with E-state index in [0.29, 0.717) is 6.42 Å². The monoisotopic (exact) mass is 229 g/mol. The molecule has 0 N–H and O–H groups in total. The maximum atomic E-state index is 11.9. The van der Waals surface area contributed by atoms with Gasteiger partial charge >= 0.3 is 0 Å². The molecule has 0 spiro atoms. The minimum Gasteiger partial charge on any atom is -0.296 e. The van der Waals surface area contributed by atoms with Gasteiger partial charge in [-0.3, -0.25) is 9.69 Å². The number of nitrogens with zero attached hydrogens (tertiary/aromatic N) is 1. The van der Waals surface area contributed by atoms with E-state index in [1.165, 1.54) is 0 Å². The van der Waals surface area contributed by atoms with Crippen molar-refractivity contribution in [2.45, 2.75) is 6.42 Å². The van der Waals surface area contributed by atoms with Gasteiger partial charge in [0.2, 0.25) is 0 Å². The van der Waals surface area contributed by atoms with E-state index in [4.69, 9.17) is 0 Å². The molecule has 0 aliphatic carbocycles. The normalized spacial score (nSPS) is 10.2. The summed E-state index contributed by atoms with van der Waals surface area (Å²) < 4.78 is 0. The van der Waals surface area contributed by atoms with Crippen LogP contribution in [0.3, 0.4) is 0 Å². The molecule has 0 unspecified atom stereocenters. The van der Waals surface area contributed by atoms with E-state index >= 15 is 0 Å². The minimum atomic E-state index is 0.184. The highest BCUT2D eigenvalue weighted by atomic mass is 16.1. The van der Waals surface area contributed by atoms with Gasteiger partial charge in [0.25, 0.3) is 0 Å². The third kappa shape index (κ3) is 4.79. The fraction of sp³-hybridized carbons (Fsp3) is 0.267. The van der Waals surface area contributed by atoms with Crippen LogP contribution in [0.25, 0.3) is 0 Å². The first-order valence-electron chi connectivity index (χ1n) is 5.80. The summed E-state index contributed by atoms with van der Waals surface area (Å²) in [5.74, 6) is 0.184. The van der Waals surface area contributed by atoms with Gasteiger partial charge in [-0.05, 0) is 0 Å². The topological polar surface area (TPSA) is 20.3 Å². The van der Waals surface area contributed by atoms with Crippen molar-refractivity contribution in [2.24, 2.45) is 0 Å². The number of Topliss-reactive ketones (excluding diaryl/α,β-unsaturated/α-hetero) is 1. The summed E-state index contributed by atoms with van der Waals surface area (Å²) in [6, 6.07) is 9.40. The highest BCUT2D eigenvalue weighted by molar-refractivity contribution is 5.96. The largest absolute Gasteiger partial charge is 0.296 e. The second-order valence-electron chi connectivity index (χ2n) is 3.88. The van der Waals surface area contributed by atoms with E-state index < -0.39 is 0 Å². The number of carbonyl (C=O) groups is 1. The molecule has 0 heterocycles. The average molecular weight is 229 g/mol. The Labute approximate surface area is 103 Å². The first-order chi connectivity index (χ1) is 8.27. The summed E-state index contributed by atoms with van der Waals surface area (Å²) in [6.07, 6.45) is 4.22. The van der Waals surface area contributed by atoms with Crippen molar-refractivity contribution in [1.29, 1.82) is 0 Å². The lowest BCUT2D eigenvalue weighted by atomic mass is 10.1. The van der Waals surface area contributed by atoms with Crippen molar-refractivity contribution in [3.8, 4) is 0 Å². The number of benzene rings is 1. The van der Waals surface area contributed by atoms with Gasteiger partial charge in [0.05, 0.1) is 0 Å². The Balaban J connectivity index is 2.46. The predicted octanol–water partition coefficient (Wildman–Crippen LogP) is 2.93. The Morgan fingerprint density at radius 2 is 1.71 bits per heavy atom. The second-order valence-corrected chi connectivity index (χ2v) is 3.88. The summed E-state index contributed by atoms with van der Waals surface area (Å²) >= 11 is 0. The van der Waals surface area contributed by atoms with Crippen molar-refractivity contribution in [3.05, 3.63) is 61.2 Å². The molecular weight excluding hydrogens is 210 g/mol. The molecule has 17 heavy (non-hydrogen) atoms. The van der Waals surface area contributed by atoms with E-state index in [1.807, 2.05) is 42.5 Å². The van der Waals surface area contributed by atoms with Crippen LogP contribution in [0.2, 0.25) is 0 Å². The third-order valence-corrected chi connectivity index (χ3v) is 2.53. The molecule has 0 radical (unpaired) electrons. The summed E-state index contributed by atoms with van der Waals surface area (Å²) in [7, 11) is 0. The fourth-order valence-electron chi connectivity index (χ4n) is 1.65. The number of hydrogen-bond acceptors (Lipinski definition) is 2. The van der Waals surface area contributed by atoms with Gasteiger partial charge in [0.15, 0.2) is 5.78 Å². The number of hydrogen-bond donors (Lipinski definition) is 0. The Kier molecular flexibility index (Phi) is 5.97. The van der Waals surface area contributed by atoms with Crippen LogP contribution in [0, 0.1) is 0 Å². The molecule has 0 aliphatic heterocycles. The third-order valence-electron chi connectivity index (χ3n) is 2.53. The SMILES string of the molecule is C=CCN(CC=C)CCC(=O)c1ccccc1. The molecule has 2 nitrogen and oxygen atoms in total. The Hall–Kier alpha value is -1.67. The molecule has 0 aromatic heterocycles. The van der Waals surface area contributed by atoms with Gasteiger partial charge in [0.1, 0.15) is 0 Å². The van der Waals surface area contributed by atoms with Crippen LogP contribution in [0.4, 0.5) is 0 Å². The molecule has 2 heteroatoms. The lowest BCUT2D eigenvalue weighted by molar-refractivity contribution is 0.0968. The van der Waals surface area contributed by atoms with Gasteiger partial charge in [-0.1, -0.05) is 42.5 Å². The van der Waals surface area contributed by atoms with Crippen LogP contribution in [0.15, 0.2) is 55.6 Å². The van der Waals surface area contributed by atoms with Crippen molar-refractivity contribution < 1.29 is 4.79 Å². The summed E-state index contributed by atoms with van der Waals surface area (Å²) in [5.41, 5.74) is 0.782. The van der Waals surface area contributed by atoms with Crippen LogP contribution in [0.1, 0.15) is 16.8 Å². The molecule has 1 aromatic carbocycles. The maximum absolute atomic E-state index is 11.9. The average Bonchev–Trinajstić information content (AvgIpc) is 2.37. The summed E-state index contributed by atoms with van der Waals surface area (Å²) in [4.78, 5) is 14.0. The highest BCUT2D eigenvalue weighted by Crippen LogP contribution is 2.04. The predicted molar refractivity (Wildman–Crippen MR) is 72.2 cm³/mol. The van der Waals surface area contributed by atoms with Crippen molar-refractivity contribution in [2.75, 3.05) is 19.6 Å². The Bertz CT molecular complexity index is 360. The molecule has 0 amide bonds. The van der Waals surface area contributed by atoms with Gasteiger partial charge < -0.3 is 0 Å². The highest BCUT2D eigenvalue weighted by Gasteiger charge is 2.07. The zero-order valence-electron chi connectivity index (χ0n) is 10.1. The number of rotatable bonds is 8. The van der Waals surface area contributed by atoms with Gasteiger partial charge in [0, 0.05) is 31.6 Å². The lowest BCUT2D eigenvalue weighted by Crippen LogP contribution is -2.26. The lowest BCUT2D eigenvalue weighted by Gasteiger charge is -2.17.